The zero-order valence-electron chi connectivity index (χ0n) is 11.3. The van der Waals surface area contributed by atoms with Crippen LogP contribution in [0.25, 0.3) is 0 Å². The van der Waals surface area contributed by atoms with E-state index in [1.54, 1.807) is 20.2 Å². The zero-order chi connectivity index (χ0) is 14.3. The number of likely N-dealkylation sites (N-methyl/N-ethyl adjacent to an activating group) is 1. The molecule has 0 aliphatic rings. The summed E-state index contributed by atoms with van der Waals surface area (Å²) in [5.74, 6) is -0.443. The Hall–Kier alpha value is -1.66. The van der Waals surface area contributed by atoms with E-state index in [0.29, 0.717) is 25.4 Å². The molecule has 0 saturated carbocycles. The number of anilines is 1. The Morgan fingerprint density at radius 3 is 2.89 bits per heavy atom. The first kappa shape index (κ1) is 15.4. The van der Waals surface area contributed by atoms with Gasteiger partial charge in [-0.15, -0.1) is 0 Å². The quantitative estimate of drug-likeness (QED) is 0.562. The number of hydrogen-bond donors (Lipinski definition) is 2. The number of methoxy groups -OCH3 is 1. The third-order valence-electron chi connectivity index (χ3n) is 2.59. The fourth-order valence-electron chi connectivity index (χ4n) is 1.65. The van der Waals surface area contributed by atoms with Gasteiger partial charge in [0.05, 0.1) is 13.2 Å². The number of amides is 1. The van der Waals surface area contributed by atoms with Crippen LogP contribution in [-0.2, 0) is 16.1 Å². The summed E-state index contributed by atoms with van der Waals surface area (Å²) < 4.78 is 17.7. The molecule has 0 unspecified atom stereocenters. The lowest BCUT2D eigenvalue weighted by Gasteiger charge is -2.17. The minimum atomic E-state index is -0.360. The van der Waals surface area contributed by atoms with Gasteiger partial charge < -0.3 is 15.8 Å². The largest absolute Gasteiger partial charge is 0.398 e. The van der Waals surface area contributed by atoms with Crippen LogP contribution in [0.5, 0.6) is 0 Å². The summed E-state index contributed by atoms with van der Waals surface area (Å²) in [5.41, 5.74) is 6.91. The van der Waals surface area contributed by atoms with Crippen LogP contribution in [0.2, 0.25) is 0 Å². The van der Waals surface area contributed by atoms with Gasteiger partial charge in [0.15, 0.2) is 0 Å². The SMILES string of the molecule is COCCNC(=O)CN(C)Cc1ccc(F)cc1N. The molecule has 0 aliphatic carbocycles. The molecule has 0 atom stereocenters. The van der Waals surface area contributed by atoms with Crippen molar-refractivity contribution in [1.29, 1.82) is 0 Å². The maximum Gasteiger partial charge on any atom is 0.234 e. The topological polar surface area (TPSA) is 67.6 Å². The summed E-state index contributed by atoms with van der Waals surface area (Å²) in [6, 6.07) is 4.27. The van der Waals surface area contributed by atoms with Crippen LogP contribution in [0, 0.1) is 5.82 Å². The molecule has 106 valence electrons. The van der Waals surface area contributed by atoms with Gasteiger partial charge in [-0.25, -0.2) is 4.39 Å². The summed E-state index contributed by atoms with van der Waals surface area (Å²) in [4.78, 5) is 13.4. The summed E-state index contributed by atoms with van der Waals surface area (Å²) >= 11 is 0. The van der Waals surface area contributed by atoms with Crippen molar-refractivity contribution in [3.8, 4) is 0 Å². The van der Waals surface area contributed by atoms with Crippen molar-refractivity contribution in [2.75, 3.05) is 39.6 Å². The first-order valence-corrected chi connectivity index (χ1v) is 6.01. The Labute approximate surface area is 112 Å². The normalized spacial score (nSPS) is 10.7. The number of carbonyl (C=O) groups excluding carboxylic acids is 1. The van der Waals surface area contributed by atoms with Gasteiger partial charge in [-0.2, -0.15) is 0 Å². The van der Waals surface area contributed by atoms with Crippen LogP contribution >= 0.6 is 0 Å². The van der Waals surface area contributed by atoms with E-state index in [-0.39, 0.29) is 18.3 Å². The molecule has 0 fully saturated rings. The van der Waals surface area contributed by atoms with Crippen molar-refractivity contribution < 1.29 is 13.9 Å². The lowest BCUT2D eigenvalue weighted by molar-refractivity contribution is -0.122. The van der Waals surface area contributed by atoms with Gasteiger partial charge >= 0.3 is 0 Å². The molecule has 1 amide bonds. The maximum absolute atomic E-state index is 12.9. The van der Waals surface area contributed by atoms with Gasteiger partial charge in [-0.1, -0.05) is 6.07 Å². The van der Waals surface area contributed by atoms with E-state index >= 15 is 0 Å². The van der Waals surface area contributed by atoms with Gasteiger partial charge in [0.1, 0.15) is 5.82 Å². The zero-order valence-corrected chi connectivity index (χ0v) is 11.3. The molecule has 0 saturated heterocycles. The van der Waals surface area contributed by atoms with Crippen LogP contribution in [-0.4, -0.2) is 44.7 Å². The van der Waals surface area contributed by atoms with Gasteiger partial charge in [0.2, 0.25) is 5.91 Å². The predicted molar refractivity (Wildman–Crippen MR) is 72.0 cm³/mol. The highest BCUT2D eigenvalue weighted by molar-refractivity contribution is 5.77. The monoisotopic (exact) mass is 269 g/mol. The second-order valence-corrected chi connectivity index (χ2v) is 4.36. The minimum Gasteiger partial charge on any atom is -0.398 e. The molecule has 1 rings (SSSR count). The molecule has 0 aliphatic heterocycles. The number of nitrogens with one attached hydrogen (secondary N) is 1. The van der Waals surface area contributed by atoms with E-state index in [4.69, 9.17) is 10.5 Å². The molecule has 0 aromatic heterocycles. The highest BCUT2D eigenvalue weighted by atomic mass is 19.1. The lowest BCUT2D eigenvalue weighted by Crippen LogP contribution is -2.36. The minimum absolute atomic E-state index is 0.0831. The van der Waals surface area contributed by atoms with Gasteiger partial charge in [0, 0.05) is 25.9 Å². The highest BCUT2D eigenvalue weighted by Crippen LogP contribution is 2.14. The van der Waals surface area contributed by atoms with Crippen molar-refractivity contribution in [3.63, 3.8) is 0 Å². The van der Waals surface area contributed by atoms with Gasteiger partial charge in [-0.05, 0) is 24.7 Å². The maximum atomic E-state index is 12.9. The third-order valence-corrected chi connectivity index (χ3v) is 2.59. The Balaban J connectivity index is 2.42. The Morgan fingerprint density at radius 1 is 1.53 bits per heavy atom. The average Bonchev–Trinajstić information content (AvgIpc) is 2.33. The molecule has 5 nitrogen and oxygen atoms in total. The van der Waals surface area contributed by atoms with Crippen molar-refractivity contribution in [2.24, 2.45) is 0 Å². The average molecular weight is 269 g/mol. The fourth-order valence-corrected chi connectivity index (χ4v) is 1.65. The number of ether oxygens (including phenoxy) is 1. The van der Waals surface area contributed by atoms with E-state index in [1.165, 1.54) is 12.1 Å². The molecule has 19 heavy (non-hydrogen) atoms. The molecule has 1 aromatic carbocycles. The summed E-state index contributed by atoms with van der Waals surface area (Å²) in [7, 11) is 3.38. The van der Waals surface area contributed by atoms with Gasteiger partial charge in [-0.3, -0.25) is 9.69 Å². The Kier molecular flexibility index (Phi) is 6.24. The number of nitrogens with two attached hydrogens (primary N) is 1. The molecule has 0 radical (unpaired) electrons. The second kappa shape index (κ2) is 7.70. The van der Waals surface area contributed by atoms with Crippen LogP contribution in [0.1, 0.15) is 5.56 Å². The smallest absolute Gasteiger partial charge is 0.234 e. The molecular weight excluding hydrogens is 249 g/mol. The lowest BCUT2D eigenvalue weighted by atomic mass is 10.1. The second-order valence-electron chi connectivity index (χ2n) is 4.36. The standard InChI is InChI=1S/C13H20FN3O2/c1-17(9-13(18)16-5-6-19-2)8-10-3-4-11(14)7-12(10)15/h3-4,7H,5-6,8-9,15H2,1-2H3,(H,16,18). The summed E-state index contributed by atoms with van der Waals surface area (Å²) in [6.07, 6.45) is 0. The predicted octanol–water partition coefficient (Wildman–Crippen LogP) is 0.602. The number of nitrogens with zero attached hydrogens (tertiary/aromatic N) is 1. The van der Waals surface area contributed by atoms with E-state index in [9.17, 15) is 9.18 Å². The fraction of sp³-hybridized carbons (Fsp3) is 0.462. The highest BCUT2D eigenvalue weighted by Gasteiger charge is 2.08. The number of benzene rings is 1. The van der Waals surface area contributed by atoms with Crippen LogP contribution < -0.4 is 11.1 Å². The first-order valence-electron chi connectivity index (χ1n) is 6.01. The van der Waals surface area contributed by atoms with Gasteiger partial charge in [0.25, 0.3) is 0 Å². The third kappa shape index (κ3) is 5.67. The molecule has 0 spiro atoms. The number of carbonyl (C=O) groups is 1. The van der Waals surface area contributed by atoms with E-state index in [1.807, 2.05) is 4.90 Å². The van der Waals surface area contributed by atoms with Crippen LogP contribution in [0.15, 0.2) is 18.2 Å². The van der Waals surface area contributed by atoms with E-state index in [2.05, 4.69) is 5.32 Å². The van der Waals surface area contributed by atoms with Crippen LogP contribution in [0.4, 0.5) is 10.1 Å². The molecular formula is C13H20FN3O2. The van der Waals surface area contributed by atoms with E-state index in [0.717, 1.165) is 5.56 Å². The molecule has 0 bridgehead atoms. The number of nitrogen functional groups attached to an aromatic ring is 1. The molecule has 6 heteroatoms. The number of rotatable bonds is 7. The van der Waals surface area contributed by atoms with E-state index < -0.39 is 0 Å². The van der Waals surface area contributed by atoms with Crippen LogP contribution in [0.3, 0.4) is 0 Å². The Bertz CT molecular complexity index is 426. The Morgan fingerprint density at radius 2 is 2.26 bits per heavy atom. The molecule has 3 N–H and O–H groups in total. The first-order chi connectivity index (χ1) is 9.02. The molecule has 0 heterocycles. The number of halogens is 1. The van der Waals surface area contributed by atoms with Crippen molar-refractivity contribution in [3.05, 3.63) is 29.6 Å². The molecule has 1 aromatic rings. The van der Waals surface area contributed by atoms with Crippen molar-refractivity contribution in [1.82, 2.24) is 10.2 Å². The summed E-state index contributed by atoms with van der Waals surface area (Å²) in [6.45, 7) is 1.71. The van der Waals surface area contributed by atoms with Crippen molar-refractivity contribution >= 4 is 11.6 Å². The summed E-state index contributed by atoms with van der Waals surface area (Å²) in [5, 5.41) is 2.73. The van der Waals surface area contributed by atoms with Crippen molar-refractivity contribution in [2.45, 2.75) is 6.54 Å². The number of hydrogen-bond acceptors (Lipinski definition) is 4.